The summed E-state index contributed by atoms with van der Waals surface area (Å²) in [6.45, 7) is 0.784. The summed E-state index contributed by atoms with van der Waals surface area (Å²) < 4.78 is 18.8. The van der Waals surface area contributed by atoms with E-state index in [1.165, 1.54) is 12.1 Å². The molecule has 3 amide bonds. The van der Waals surface area contributed by atoms with Crippen molar-refractivity contribution >= 4 is 23.4 Å². The second kappa shape index (κ2) is 8.02. The third-order valence-electron chi connectivity index (χ3n) is 6.40. The summed E-state index contributed by atoms with van der Waals surface area (Å²) in [5, 5.41) is 4.13. The summed E-state index contributed by atoms with van der Waals surface area (Å²) in [6.07, 6.45) is 0.541. The SMILES string of the molecule is O=C(c1ccc(N2C(=O)c3ccccc3C2=O)cc1)N1CCc2noc(-c3ccc(F)cc3)c2C1. The number of imide groups is 1. The molecule has 0 radical (unpaired) electrons. The van der Waals surface area contributed by atoms with Crippen molar-refractivity contribution in [1.82, 2.24) is 10.1 Å². The van der Waals surface area contributed by atoms with Crippen LogP contribution in [0.2, 0.25) is 0 Å². The maximum atomic E-state index is 13.3. The molecule has 172 valence electrons. The van der Waals surface area contributed by atoms with E-state index in [9.17, 15) is 18.8 Å². The highest BCUT2D eigenvalue weighted by Gasteiger charge is 2.36. The monoisotopic (exact) mass is 467 g/mol. The molecule has 3 aromatic carbocycles. The second-order valence-corrected chi connectivity index (χ2v) is 8.46. The fourth-order valence-corrected chi connectivity index (χ4v) is 4.57. The van der Waals surface area contributed by atoms with Gasteiger partial charge in [0.2, 0.25) is 0 Å². The molecule has 0 spiro atoms. The number of carbonyl (C=O) groups excluding carboxylic acids is 3. The zero-order chi connectivity index (χ0) is 24.1. The molecule has 4 aromatic rings. The first kappa shape index (κ1) is 21.0. The standard InChI is InChI=1S/C27H18FN3O4/c28-18-9-5-16(6-10-18)24-22-15-30(14-13-23(22)29-35-24)25(32)17-7-11-19(12-8-17)31-26(33)20-3-1-2-4-21(20)27(31)34/h1-12H,13-15H2. The van der Waals surface area contributed by atoms with Crippen molar-refractivity contribution in [1.29, 1.82) is 0 Å². The predicted molar refractivity (Wildman–Crippen MR) is 124 cm³/mol. The van der Waals surface area contributed by atoms with Crippen LogP contribution in [0.4, 0.5) is 10.1 Å². The van der Waals surface area contributed by atoms with Crippen LogP contribution in [-0.4, -0.2) is 34.3 Å². The van der Waals surface area contributed by atoms with E-state index in [2.05, 4.69) is 5.16 Å². The zero-order valence-corrected chi connectivity index (χ0v) is 18.4. The predicted octanol–water partition coefficient (Wildman–Crippen LogP) is 4.48. The maximum Gasteiger partial charge on any atom is 0.266 e. The minimum absolute atomic E-state index is 0.184. The van der Waals surface area contributed by atoms with Crippen molar-refractivity contribution in [2.24, 2.45) is 0 Å². The highest BCUT2D eigenvalue weighted by molar-refractivity contribution is 6.34. The normalized spacial score (nSPS) is 14.8. The van der Waals surface area contributed by atoms with Gasteiger partial charge in [-0.15, -0.1) is 0 Å². The number of nitrogens with zero attached hydrogens (tertiary/aromatic N) is 3. The molecule has 0 saturated carbocycles. The van der Waals surface area contributed by atoms with Crippen molar-refractivity contribution in [3.63, 3.8) is 0 Å². The fraction of sp³-hybridized carbons (Fsp3) is 0.111. The van der Waals surface area contributed by atoms with Gasteiger partial charge in [0.05, 0.1) is 29.1 Å². The van der Waals surface area contributed by atoms with E-state index in [1.807, 2.05) is 0 Å². The molecule has 0 fully saturated rings. The average Bonchev–Trinajstić information content (AvgIpc) is 3.43. The maximum absolute atomic E-state index is 13.3. The van der Waals surface area contributed by atoms with Crippen molar-refractivity contribution < 1.29 is 23.3 Å². The van der Waals surface area contributed by atoms with Gasteiger partial charge >= 0.3 is 0 Å². The molecule has 0 aliphatic carbocycles. The number of hydrogen-bond acceptors (Lipinski definition) is 5. The van der Waals surface area contributed by atoms with Crippen molar-refractivity contribution in [2.75, 3.05) is 11.4 Å². The van der Waals surface area contributed by atoms with E-state index in [0.717, 1.165) is 16.2 Å². The van der Waals surface area contributed by atoms with Crippen molar-refractivity contribution in [3.8, 4) is 11.3 Å². The molecule has 0 atom stereocenters. The van der Waals surface area contributed by atoms with Gasteiger partial charge in [-0.2, -0.15) is 0 Å². The number of hydrogen-bond donors (Lipinski definition) is 0. The number of amides is 3. The molecule has 0 bridgehead atoms. The van der Waals surface area contributed by atoms with Gasteiger partial charge in [0.25, 0.3) is 17.7 Å². The van der Waals surface area contributed by atoms with Crippen LogP contribution in [0.15, 0.2) is 77.3 Å². The minimum Gasteiger partial charge on any atom is -0.356 e. The number of fused-ring (bicyclic) bond motifs is 2. The first-order valence-corrected chi connectivity index (χ1v) is 11.1. The lowest BCUT2D eigenvalue weighted by Crippen LogP contribution is -2.36. The molecule has 8 heteroatoms. The van der Waals surface area contributed by atoms with Crippen LogP contribution < -0.4 is 4.90 Å². The molecule has 7 nitrogen and oxygen atoms in total. The Hall–Kier alpha value is -4.59. The highest BCUT2D eigenvalue weighted by atomic mass is 19.1. The lowest BCUT2D eigenvalue weighted by Gasteiger charge is -2.26. The van der Waals surface area contributed by atoms with E-state index >= 15 is 0 Å². The Balaban J connectivity index is 1.22. The first-order valence-electron chi connectivity index (χ1n) is 11.1. The Morgan fingerprint density at radius 3 is 2.20 bits per heavy atom. The summed E-state index contributed by atoms with van der Waals surface area (Å²) in [7, 11) is 0. The van der Waals surface area contributed by atoms with Gasteiger partial charge < -0.3 is 9.42 Å². The third kappa shape index (κ3) is 3.42. The van der Waals surface area contributed by atoms with Crippen LogP contribution in [0.25, 0.3) is 11.3 Å². The fourth-order valence-electron chi connectivity index (χ4n) is 4.57. The number of carbonyl (C=O) groups is 3. The number of rotatable bonds is 3. The summed E-state index contributed by atoms with van der Waals surface area (Å²) in [5.41, 5.74) is 3.87. The smallest absolute Gasteiger partial charge is 0.266 e. The quantitative estimate of drug-likeness (QED) is 0.415. The first-order chi connectivity index (χ1) is 17.0. The molecule has 35 heavy (non-hydrogen) atoms. The topological polar surface area (TPSA) is 83.7 Å². The van der Waals surface area contributed by atoms with E-state index in [4.69, 9.17) is 4.52 Å². The van der Waals surface area contributed by atoms with Crippen LogP contribution in [0.5, 0.6) is 0 Å². The highest BCUT2D eigenvalue weighted by Crippen LogP contribution is 2.32. The molecular formula is C27H18FN3O4. The minimum atomic E-state index is -0.381. The molecule has 3 heterocycles. The molecular weight excluding hydrogens is 449 g/mol. The van der Waals surface area contributed by atoms with Gasteiger partial charge in [0.1, 0.15) is 5.82 Å². The summed E-state index contributed by atoms with van der Waals surface area (Å²) in [5.74, 6) is -0.763. The van der Waals surface area contributed by atoms with Gasteiger partial charge in [-0.1, -0.05) is 17.3 Å². The van der Waals surface area contributed by atoms with Crippen molar-refractivity contribution in [3.05, 3.63) is 107 Å². The number of aromatic nitrogens is 1. The molecule has 0 unspecified atom stereocenters. The van der Waals surface area contributed by atoms with E-state index in [-0.39, 0.29) is 23.5 Å². The number of anilines is 1. The Kier molecular flexibility index (Phi) is 4.81. The summed E-state index contributed by atoms with van der Waals surface area (Å²) in [4.78, 5) is 41.5. The third-order valence-corrected chi connectivity index (χ3v) is 6.40. The molecule has 0 N–H and O–H groups in total. The van der Waals surface area contributed by atoms with Crippen LogP contribution >= 0.6 is 0 Å². The van der Waals surface area contributed by atoms with E-state index in [0.29, 0.717) is 53.2 Å². The summed E-state index contributed by atoms with van der Waals surface area (Å²) >= 11 is 0. The van der Waals surface area contributed by atoms with E-state index < -0.39 is 0 Å². The van der Waals surface area contributed by atoms with Crippen molar-refractivity contribution in [2.45, 2.75) is 13.0 Å². The molecule has 0 saturated heterocycles. The number of halogens is 1. The molecule has 2 aliphatic heterocycles. The molecule has 6 rings (SSSR count). The Morgan fingerprint density at radius 1 is 0.886 bits per heavy atom. The van der Waals surface area contributed by atoms with Gasteiger partial charge in [-0.3, -0.25) is 14.4 Å². The molecule has 2 aliphatic rings. The number of benzene rings is 3. The van der Waals surface area contributed by atoms with Crippen LogP contribution in [-0.2, 0) is 13.0 Å². The van der Waals surface area contributed by atoms with Gasteiger partial charge in [-0.25, -0.2) is 9.29 Å². The average molecular weight is 467 g/mol. The van der Waals surface area contributed by atoms with Crippen LogP contribution in [0.1, 0.15) is 42.3 Å². The van der Waals surface area contributed by atoms with Gasteiger partial charge in [-0.05, 0) is 60.7 Å². The van der Waals surface area contributed by atoms with Crippen LogP contribution in [0, 0.1) is 5.82 Å². The zero-order valence-electron chi connectivity index (χ0n) is 18.4. The Morgan fingerprint density at radius 2 is 1.54 bits per heavy atom. The van der Waals surface area contributed by atoms with Gasteiger partial charge in [0.15, 0.2) is 5.76 Å². The Labute approximate surface area is 199 Å². The second-order valence-electron chi connectivity index (χ2n) is 8.46. The lowest BCUT2D eigenvalue weighted by molar-refractivity contribution is 0.0734. The Bertz CT molecular complexity index is 1460. The van der Waals surface area contributed by atoms with E-state index in [1.54, 1.807) is 65.6 Å². The molecule has 1 aromatic heterocycles. The lowest BCUT2D eigenvalue weighted by atomic mass is 10.0. The van der Waals surface area contributed by atoms with Gasteiger partial charge in [0, 0.05) is 29.7 Å². The van der Waals surface area contributed by atoms with Crippen LogP contribution in [0.3, 0.4) is 0 Å². The largest absolute Gasteiger partial charge is 0.356 e. The summed E-state index contributed by atoms with van der Waals surface area (Å²) in [6, 6.07) is 19.1.